The quantitative estimate of drug-likeness (QED) is 0.293. The predicted molar refractivity (Wildman–Crippen MR) is 156 cm³/mol. The third-order valence-corrected chi connectivity index (χ3v) is 6.97. The average molecular weight is 535 g/mol. The largest absolute Gasteiger partial charge is 0.519 e. The smallest absolute Gasteiger partial charge is 0.453 e. The molecular weight excluding hydrogens is 488 g/mol. The first-order chi connectivity index (χ1) is 18.0. The molecule has 0 radical (unpaired) electrons. The van der Waals surface area contributed by atoms with Crippen molar-refractivity contribution in [3.05, 3.63) is 92.4 Å². The maximum Gasteiger partial charge on any atom is 0.519 e. The molecule has 0 saturated carbocycles. The minimum Gasteiger partial charge on any atom is -0.453 e. The highest BCUT2D eigenvalue weighted by Gasteiger charge is 2.38. The van der Waals surface area contributed by atoms with E-state index in [4.69, 9.17) is 13.6 Å². The number of aryl methyl sites for hydroxylation is 3. The first-order valence-corrected chi connectivity index (χ1v) is 14.0. The van der Waals surface area contributed by atoms with E-state index in [-0.39, 0.29) is 22.9 Å². The SMILES string of the molecule is CC(C)(C)C1OC(=O)c2ccccc21.CC(C)(C)c1ccc2c(c1)CCC2.Cc1oc(=O)oc1CC(C)(C)C. The molecule has 2 aromatic carbocycles. The van der Waals surface area contributed by atoms with E-state index in [1.807, 2.05) is 24.3 Å². The molecule has 3 aromatic rings. The minimum absolute atomic E-state index is 0.0394. The molecule has 0 bridgehead atoms. The van der Waals surface area contributed by atoms with E-state index in [1.54, 1.807) is 18.1 Å². The summed E-state index contributed by atoms with van der Waals surface area (Å²) in [7, 11) is 0. The van der Waals surface area contributed by atoms with Crippen LogP contribution in [0.1, 0.15) is 119 Å². The number of hydrogen-bond donors (Lipinski definition) is 0. The topological polar surface area (TPSA) is 69.7 Å². The van der Waals surface area contributed by atoms with Crippen molar-refractivity contribution in [2.75, 3.05) is 0 Å². The molecule has 0 amide bonds. The number of ether oxygens (including phenoxy) is 1. The van der Waals surface area contributed by atoms with Crippen LogP contribution in [0.5, 0.6) is 0 Å². The standard InChI is InChI=1S/C13H18.C12H14O2.C9H14O3/c1-13(2,3)12-8-7-10-5-4-6-11(10)9-12;1-12(2,3)10-8-6-4-5-7-9(8)11(13)14-10;1-6-7(5-9(2,3)4)12-8(10)11-6/h7-9H,4-6H2,1-3H3;4-7,10H,1-3H3;5H2,1-4H3. The lowest BCUT2D eigenvalue weighted by Crippen LogP contribution is -2.18. The van der Waals surface area contributed by atoms with E-state index in [1.165, 1.54) is 24.8 Å². The molecule has 0 fully saturated rings. The van der Waals surface area contributed by atoms with Gasteiger partial charge in [0.25, 0.3) is 0 Å². The summed E-state index contributed by atoms with van der Waals surface area (Å²) in [5.74, 6) is 0.453. The summed E-state index contributed by atoms with van der Waals surface area (Å²) in [5.41, 5.74) is 6.76. The molecule has 1 aliphatic carbocycles. The number of carbonyl (C=O) groups excluding carboxylic acids is 1. The highest BCUT2D eigenvalue weighted by molar-refractivity contribution is 5.94. The molecular formula is C34H46O5. The molecule has 0 spiro atoms. The second kappa shape index (κ2) is 11.6. The van der Waals surface area contributed by atoms with E-state index in [9.17, 15) is 9.59 Å². The Morgan fingerprint density at radius 3 is 2.03 bits per heavy atom. The molecule has 5 rings (SSSR count). The van der Waals surface area contributed by atoms with Crippen molar-refractivity contribution < 1.29 is 18.4 Å². The Bertz CT molecular complexity index is 1340. The van der Waals surface area contributed by atoms with E-state index >= 15 is 0 Å². The molecule has 1 aromatic heterocycles. The van der Waals surface area contributed by atoms with Gasteiger partial charge in [0.2, 0.25) is 0 Å². The van der Waals surface area contributed by atoms with Crippen molar-refractivity contribution >= 4 is 5.97 Å². The van der Waals surface area contributed by atoms with Crippen LogP contribution in [0.4, 0.5) is 0 Å². The maximum atomic E-state index is 11.5. The van der Waals surface area contributed by atoms with E-state index in [0.717, 1.165) is 12.0 Å². The number of cyclic esters (lactones) is 1. The van der Waals surface area contributed by atoms with Crippen molar-refractivity contribution in [1.29, 1.82) is 0 Å². The maximum absolute atomic E-state index is 11.5. The molecule has 1 unspecified atom stereocenters. The first kappa shape index (κ1) is 30.5. The zero-order valence-corrected chi connectivity index (χ0v) is 25.5. The van der Waals surface area contributed by atoms with Gasteiger partial charge in [0.05, 0.1) is 5.56 Å². The van der Waals surface area contributed by atoms with Crippen molar-refractivity contribution in [2.24, 2.45) is 10.8 Å². The number of hydrogen-bond acceptors (Lipinski definition) is 5. The van der Waals surface area contributed by atoms with E-state index < -0.39 is 5.82 Å². The van der Waals surface area contributed by atoms with Gasteiger partial charge in [-0.3, -0.25) is 0 Å². The van der Waals surface area contributed by atoms with Crippen LogP contribution >= 0.6 is 0 Å². The third kappa shape index (κ3) is 8.20. The van der Waals surface area contributed by atoms with E-state index in [2.05, 4.69) is 80.5 Å². The van der Waals surface area contributed by atoms with Gasteiger partial charge in [0.15, 0.2) is 0 Å². The van der Waals surface area contributed by atoms with Crippen LogP contribution in [0.15, 0.2) is 56.1 Å². The molecule has 39 heavy (non-hydrogen) atoms. The predicted octanol–water partition coefficient (Wildman–Crippen LogP) is 8.55. The Kier molecular flexibility index (Phi) is 9.04. The molecule has 1 atom stereocenters. The van der Waals surface area contributed by atoms with Gasteiger partial charge in [-0.25, -0.2) is 9.59 Å². The summed E-state index contributed by atoms with van der Waals surface area (Å²) in [6.45, 7) is 21.1. The van der Waals surface area contributed by atoms with Crippen LogP contribution in [-0.2, 0) is 29.4 Å². The summed E-state index contributed by atoms with van der Waals surface area (Å²) in [5, 5.41) is 0. The molecule has 5 nitrogen and oxygen atoms in total. The Morgan fingerprint density at radius 2 is 1.46 bits per heavy atom. The zero-order valence-electron chi connectivity index (χ0n) is 25.5. The van der Waals surface area contributed by atoms with Crippen molar-refractivity contribution in [3.8, 4) is 0 Å². The summed E-state index contributed by atoms with van der Waals surface area (Å²) in [6, 6.07) is 14.6. The monoisotopic (exact) mass is 534 g/mol. The molecule has 1 aliphatic heterocycles. The number of rotatable bonds is 1. The van der Waals surface area contributed by atoms with Gasteiger partial charge >= 0.3 is 11.8 Å². The van der Waals surface area contributed by atoms with Crippen LogP contribution in [0.3, 0.4) is 0 Å². The lowest BCUT2D eigenvalue weighted by Gasteiger charge is -2.25. The Labute approximate surface area is 234 Å². The van der Waals surface area contributed by atoms with Crippen LogP contribution in [0.25, 0.3) is 0 Å². The van der Waals surface area contributed by atoms with Gasteiger partial charge in [-0.2, -0.15) is 0 Å². The van der Waals surface area contributed by atoms with E-state index in [0.29, 0.717) is 22.5 Å². The van der Waals surface area contributed by atoms with Gasteiger partial charge in [0.1, 0.15) is 17.6 Å². The van der Waals surface area contributed by atoms with Crippen LogP contribution in [-0.4, -0.2) is 5.97 Å². The summed E-state index contributed by atoms with van der Waals surface area (Å²) < 4.78 is 15.0. The third-order valence-electron chi connectivity index (χ3n) is 6.97. The van der Waals surface area contributed by atoms with Gasteiger partial charge in [0, 0.05) is 17.4 Å². The molecule has 0 N–H and O–H groups in total. The second-order valence-corrected chi connectivity index (χ2v) is 14.0. The molecule has 0 saturated heterocycles. The first-order valence-electron chi connectivity index (χ1n) is 14.0. The Hall–Kier alpha value is -3.08. The Morgan fingerprint density at radius 1 is 0.821 bits per heavy atom. The summed E-state index contributed by atoms with van der Waals surface area (Å²) in [4.78, 5) is 22.2. The van der Waals surface area contributed by atoms with Crippen LogP contribution in [0.2, 0.25) is 0 Å². The highest BCUT2D eigenvalue weighted by Crippen LogP contribution is 2.42. The van der Waals surface area contributed by atoms with Crippen molar-refractivity contribution in [2.45, 2.75) is 106 Å². The fraction of sp³-hybridized carbons (Fsp3) is 0.529. The van der Waals surface area contributed by atoms with Gasteiger partial charge in [-0.05, 0) is 59.8 Å². The lowest BCUT2D eigenvalue weighted by molar-refractivity contribution is 0.00778. The lowest BCUT2D eigenvalue weighted by atomic mass is 9.84. The molecule has 2 heterocycles. The number of benzene rings is 2. The summed E-state index contributed by atoms with van der Waals surface area (Å²) >= 11 is 0. The number of esters is 1. The molecule has 212 valence electrons. The Balaban J connectivity index is 0.000000162. The fourth-order valence-electron chi connectivity index (χ4n) is 4.84. The second-order valence-electron chi connectivity index (χ2n) is 14.0. The van der Waals surface area contributed by atoms with Gasteiger partial charge < -0.3 is 13.6 Å². The zero-order chi connectivity index (χ0) is 29.2. The summed E-state index contributed by atoms with van der Waals surface area (Å²) in [6.07, 6.45) is 4.55. The minimum atomic E-state index is -0.605. The molecule has 5 heteroatoms. The van der Waals surface area contributed by atoms with Crippen LogP contribution < -0.4 is 5.82 Å². The van der Waals surface area contributed by atoms with Crippen LogP contribution in [0, 0.1) is 17.8 Å². The number of carbonyl (C=O) groups is 1. The highest BCUT2D eigenvalue weighted by atomic mass is 16.6. The van der Waals surface area contributed by atoms with Gasteiger partial charge in [-0.15, -0.1) is 0 Å². The normalized spacial score (nSPS) is 16.4. The van der Waals surface area contributed by atoms with Crippen molar-refractivity contribution in [1.82, 2.24) is 0 Å². The van der Waals surface area contributed by atoms with Gasteiger partial charge in [-0.1, -0.05) is 98.7 Å². The molecule has 2 aliphatic rings. The van der Waals surface area contributed by atoms with Crippen molar-refractivity contribution in [3.63, 3.8) is 0 Å². The fourth-order valence-corrected chi connectivity index (χ4v) is 4.84. The average Bonchev–Trinajstić information content (AvgIpc) is 3.50. The number of fused-ring (bicyclic) bond motifs is 2.